The van der Waals surface area contributed by atoms with Gasteiger partial charge in [0.05, 0.1) is 11.4 Å². The van der Waals surface area contributed by atoms with Gasteiger partial charge in [-0.15, -0.1) is 0 Å². The molecule has 31 heavy (non-hydrogen) atoms. The van der Waals surface area contributed by atoms with Gasteiger partial charge in [0.2, 0.25) is 5.91 Å². The molecule has 0 unspecified atom stereocenters. The molecule has 4 aromatic rings. The van der Waals surface area contributed by atoms with Crippen LogP contribution >= 0.6 is 0 Å². The summed E-state index contributed by atoms with van der Waals surface area (Å²) >= 11 is 0. The van der Waals surface area contributed by atoms with Crippen LogP contribution in [0.3, 0.4) is 0 Å². The highest BCUT2D eigenvalue weighted by molar-refractivity contribution is 5.92. The van der Waals surface area contributed by atoms with Crippen molar-refractivity contribution in [2.45, 2.75) is 13.5 Å². The normalized spacial score (nSPS) is 11.0. The average Bonchev–Trinajstić information content (AvgIpc) is 3.23. The Labute approximate surface area is 180 Å². The van der Waals surface area contributed by atoms with E-state index in [9.17, 15) is 9.18 Å². The molecule has 5 heteroatoms. The molecule has 0 radical (unpaired) electrons. The molecule has 0 aliphatic heterocycles. The summed E-state index contributed by atoms with van der Waals surface area (Å²) in [6.07, 6.45) is 5.08. The van der Waals surface area contributed by atoms with Gasteiger partial charge in [-0.05, 0) is 55.0 Å². The number of carbonyl (C=O) groups excluding carboxylic acids is 1. The highest BCUT2D eigenvalue weighted by atomic mass is 19.1. The number of carbonyl (C=O) groups is 1. The number of benzene rings is 3. The lowest BCUT2D eigenvalue weighted by Gasteiger charge is -2.03. The Hall–Kier alpha value is -3.99. The van der Waals surface area contributed by atoms with Crippen molar-refractivity contribution in [3.05, 3.63) is 114 Å². The van der Waals surface area contributed by atoms with E-state index < -0.39 is 0 Å². The molecule has 4 nitrogen and oxygen atoms in total. The van der Waals surface area contributed by atoms with Crippen molar-refractivity contribution >= 4 is 12.0 Å². The van der Waals surface area contributed by atoms with E-state index in [-0.39, 0.29) is 11.7 Å². The first-order valence-electron chi connectivity index (χ1n) is 10.0. The first kappa shape index (κ1) is 20.3. The van der Waals surface area contributed by atoms with E-state index >= 15 is 0 Å². The second-order valence-electron chi connectivity index (χ2n) is 7.26. The molecule has 1 amide bonds. The topological polar surface area (TPSA) is 46.9 Å². The molecule has 1 aromatic heterocycles. The van der Waals surface area contributed by atoms with E-state index in [0.717, 1.165) is 22.4 Å². The third-order valence-corrected chi connectivity index (χ3v) is 4.88. The number of amides is 1. The lowest BCUT2D eigenvalue weighted by molar-refractivity contribution is -0.116. The first-order chi connectivity index (χ1) is 15.1. The van der Waals surface area contributed by atoms with Crippen molar-refractivity contribution in [2.24, 2.45) is 0 Å². The third kappa shape index (κ3) is 5.14. The number of hydrogen-bond donors (Lipinski definition) is 1. The van der Waals surface area contributed by atoms with E-state index in [4.69, 9.17) is 0 Å². The van der Waals surface area contributed by atoms with Crippen LogP contribution < -0.4 is 5.32 Å². The van der Waals surface area contributed by atoms with Crippen molar-refractivity contribution in [1.29, 1.82) is 0 Å². The van der Waals surface area contributed by atoms with Gasteiger partial charge in [-0.2, -0.15) is 5.10 Å². The van der Waals surface area contributed by atoms with Crippen molar-refractivity contribution < 1.29 is 9.18 Å². The summed E-state index contributed by atoms with van der Waals surface area (Å²) in [5, 5.41) is 7.56. The van der Waals surface area contributed by atoms with Crippen LogP contribution in [0.2, 0.25) is 0 Å². The van der Waals surface area contributed by atoms with Crippen molar-refractivity contribution in [3.63, 3.8) is 0 Å². The van der Waals surface area contributed by atoms with Crippen LogP contribution in [0.15, 0.2) is 91.1 Å². The summed E-state index contributed by atoms with van der Waals surface area (Å²) < 4.78 is 15.1. The van der Waals surface area contributed by atoms with Gasteiger partial charge in [-0.1, -0.05) is 48.0 Å². The van der Waals surface area contributed by atoms with Crippen LogP contribution in [0.1, 0.15) is 16.7 Å². The summed E-state index contributed by atoms with van der Waals surface area (Å²) in [5.74, 6) is -0.503. The molecular weight excluding hydrogens is 389 g/mol. The molecule has 0 fully saturated rings. The monoisotopic (exact) mass is 411 g/mol. The Kier molecular flexibility index (Phi) is 6.03. The maximum Gasteiger partial charge on any atom is 0.244 e. The molecule has 4 rings (SSSR count). The number of hydrogen-bond acceptors (Lipinski definition) is 2. The predicted octanol–water partition coefficient (Wildman–Crippen LogP) is 5.32. The lowest BCUT2D eigenvalue weighted by Crippen LogP contribution is -2.20. The minimum absolute atomic E-state index is 0.196. The lowest BCUT2D eigenvalue weighted by atomic mass is 10.1. The minimum atomic E-state index is -0.307. The summed E-state index contributed by atoms with van der Waals surface area (Å²) in [6, 6.07) is 23.9. The zero-order valence-electron chi connectivity index (χ0n) is 17.1. The van der Waals surface area contributed by atoms with E-state index in [1.165, 1.54) is 23.8 Å². The zero-order chi connectivity index (χ0) is 21.6. The highest BCUT2D eigenvalue weighted by Gasteiger charge is 2.11. The van der Waals surface area contributed by atoms with Crippen molar-refractivity contribution in [1.82, 2.24) is 15.1 Å². The molecule has 1 heterocycles. The summed E-state index contributed by atoms with van der Waals surface area (Å²) in [4.78, 5) is 12.4. The van der Waals surface area contributed by atoms with Crippen LogP contribution in [0.4, 0.5) is 4.39 Å². The standard InChI is InChI=1S/C26H22FN3O/c1-19-7-9-20(10-8-19)17-28-25(31)16-13-22-18-30(24-5-3-2-4-6-24)29-26(22)21-11-14-23(27)15-12-21/h2-16,18H,17H2,1H3,(H,28,31)/b16-13+. The van der Waals surface area contributed by atoms with Crippen LogP contribution in [0, 0.1) is 12.7 Å². The molecule has 0 bridgehead atoms. The second-order valence-corrected chi connectivity index (χ2v) is 7.26. The molecule has 0 saturated heterocycles. The maximum absolute atomic E-state index is 13.4. The van der Waals surface area contributed by atoms with Crippen LogP contribution in [-0.2, 0) is 11.3 Å². The molecule has 0 aliphatic carbocycles. The van der Waals surface area contributed by atoms with Gasteiger partial charge < -0.3 is 5.32 Å². The van der Waals surface area contributed by atoms with Gasteiger partial charge >= 0.3 is 0 Å². The quantitative estimate of drug-likeness (QED) is 0.437. The van der Waals surface area contributed by atoms with E-state index in [1.54, 1.807) is 22.9 Å². The molecule has 0 saturated carbocycles. The average molecular weight is 411 g/mol. The number of aromatic nitrogens is 2. The summed E-state index contributed by atoms with van der Waals surface area (Å²) in [6.45, 7) is 2.48. The zero-order valence-corrected chi connectivity index (χ0v) is 17.1. The molecular formula is C26H22FN3O. The van der Waals surface area contributed by atoms with Gasteiger partial charge in [-0.3, -0.25) is 4.79 Å². The fourth-order valence-electron chi connectivity index (χ4n) is 3.17. The number of para-hydroxylation sites is 1. The number of halogens is 1. The summed E-state index contributed by atoms with van der Waals surface area (Å²) in [7, 11) is 0. The number of nitrogens with one attached hydrogen (secondary N) is 1. The van der Waals surface area contributed by atoms with Gasteiger partial charge in [-0.25, -0.2) is 9.07 Å². The number of aryl methyl sites for hydroxylation is 1. The van der Waals surface area contributed by atoms with E-state index in [1.807, 2.05) is 67.7 Å². The van der Waals surface area contributed by atoms with Crippen LogP contribution in [0.5, 0.6) is 0 Å². The van der Waals surface area contributed by atoms with Crippen molar-refractivity contribution in [2.75, 3.05) is 0 Å². The Morgan fingerprint density at radius 1 is 1.00 bits per heavy atom. The largest absolute Gasteiger partial charge is 0.348 e. The second kappa shape index (κ2) is 9.22. The minimum Gasteiger partial charge on any atom is -0.348 e. The Bertz CT molecular complexity index is 1190. The Morgan fingerprint density at radius 2 is 1.71 bits per heavy atom. The molecule has 3 aromatic carbocycles. The molecule has 0 spiro atoms. The SMILES string of the molecule is Cc1ccc(CNC(=O)/C=C/c2cn(-c3ccccc3)nc2-c2ccc(F)cc2)cc1. The Balaban J connectivity index is 1.56. The first-order valence-corrected chi connectivity index (χ1v) is 10.0. The third-order valence-electron chi connectivity index (χ3n) is 4.88. The van der Waals surface area contributed by atoms with Gasteiger partial charge in [0, 0.05) is 29.9 Å². The van der Waals surface area contributed by atoms with Crippen molar-refractivity contribution in [3.8, 4) is 16.9 Å². The Morgan fingerprint density at radius 3 is 2.42 bits per heavy atom. The van der Waals surface area contributed by atoms with E-state index in [2.05, 4.69) is 10.4 Å². The van der Waals surface area contributed by atoms with Crippen LogP contribution in [-0.4, -0.2) is 15.7 Å². The molecule has 0 atom stereocenters. The van der Waals surface area contributed by atoms with Gasteiger partial charge in [0.1, 0.15) is 5.82 Å². The predicted molar refractivity (Wildman–Crippen MR) is 121 cm³/mol. The highest BCUT2D eigenvalue weighted by Crippen LogP contribution is 2.25. The molecule has 1 N–H and O–H groups in total. The van der Waals surface area contributed by atoms with E-state index in [0.29, 0.717) is 12.2 Å². The summed E-state index contributed by atoms with van der Waals surface area (Å²) in [5.41, 5.74) is 5.33. The maximum atomic E-state index is 13.4. The fraction of sp³-hybridized carbons (Fsp3) is 0.0769. The van der Waals surface area contributed by atoms with Crippen LogP contribution in [0.25, 0.3) is 23.0 Å². The van der Waals surface area contributed by atoms with Gasteiger partial charge in [0.15, 0.2) is 0 Å². The molecule has 0 aliphatic rings. The smallest absolute Gasteiger partial charge is 0.244 e. The number of nitrogens with zero attached hydrogens (tertiary/aromatic N) is 2. The fourth-order valence-corrected chi connectivity index (χ4v) is 3.17. The number of rotatable bonds is 6. The molecule has 154 valence electrons. The van der Waals surface area contributed by atoms with Gasteiger partial charge in [0.25, 0.3) is 0 Å².